The van der Waals surface area contributed by atoms with Gasteiger partial charge in [0.15, 0.2) is 0 Å². The fraction of sp³-hybridized carbons (Fsp3) is 0.167. The van der Waals surface area contributed by atoms with Gasteiger partial charge in [-0.25, -0.2) is 5.84 Å². The Balaban J connectivity index is 2.63. The Bertz CT molecular complexity index is 745. The molecule has 17 nitrogen and oxygen atoms in total. The van der Waals surface area contributed by atoms with Gasteiger partial charge in [-0.15, -0.1) is 0 Å². The Morgan fingerprint density at radius 1 is 0.870 bits per heavy atom. The minimum absolute atomic E-state index is 0.181. The Morgan fingerprint density at radius 2 is 1.35 bits per heavy atom. The third-order valence-corrected chi connectivity index (χ3v) is 2.52. The zero-order valence-corrected chi connectivity index (χ0v) is 10.5. The molecule has 23 heavy (non-hydrogen) atoms. The van der Waals surface area contributed by atoms with Gasteiger partial charge in [-0.05, 0) is 19.8 Å². The lowest BCUT2D eigenvalue weighted by molar-refractivity contribution is -0.541. The van der Waals surface area contributed by atoms with Crippen molar-refractivity contribution in [2.45, 2.75) is 6.17 Å². The third-order valence-electron chi connectivity index (χ3n) is 2.52. The summed E-state index contributed by atoms with van der Waals surface area (Å²) in [5, 5.41) is 43.1. The zero-order valence-electron chi connectivity index (χ0n) is 10.5. The fourth-order valence-electron chi connectivity index (χ4n) is 1.63. The van der Waals surface area contributed by atoms with Crippen LogP contribution in [-0.2, 0) is 0 Å². The van der Waals surface area contributed by atoms with Gasteiger partial charge in [0.2, 0.25) is 0 Å². The first kappa shape index (κ1) is 15.5. The minimum Gasteiger partial charge on any atom is -0.358 e. The molecular formula is C6H3N9O8. The summed E-state index contributed by atoms with van der Waals surface area (Å²) in [6, 6.07) is 0. The number of rotatable bonds is 1. The van der Waals surface area contributed by atoms with Gasteiger partial charge in [0.25, 0.3) is 0 Å². The molecule has 1 unspecified atom stereocenters. The quantitative estimate of drug-likeness (QED) is 0.313. The minimum atomic E-state index is -2.20. The molecule has 2 aliphatic rings. The molecule has 0 fully saturated rings. The zero-order chi connectivity index (χ0) is 17.5. The highest BCUT2D eigenvalue weighted by Crippen LogP contribution is 2.25. The molecule has 0 amide bonds. The SMILES string of the molecule is NN1C(=C2N=C([N+](=O)[O-])C([N+](=O)[O-])=N2)N=C([N+](=O)[O-])C1[N+](=O)[O-]. The van der Waals surface area contributed by atoms with Crippen molar-refractivity contribution in [2.75, 3.05) is 0 Å². The van der Waals surface area contributed by atoms with Gasteiger partial charge >= 0.3 is 35.3 Å². The number of aliphatic imine (C=N–C) groups is 3. The van der Waals surface area contributed by atoms with Crippen LogP contribution < -0.4 is 5.84 Å². The predicted octanol–water partition coefficient (Wildman–Crippen LogP) is -2.06. The normalized spacial score (nSPS) is 20.1. The van der Waals surface area contributed by atoms with E-state index in [9.17, 15) is 40.5 Å². The van der Waals surface area contributed by atoms with Crippen LogP contribution in [0, 0.1) is 40.5 Å². The van der Waals surface area contributed by atoms with Gasteiger partial charge in [-0.3, -0.25) is 10.1 Å². The lowest BCUT2D eigenvalue weighted by Gasteiger charge is -2.08. The van der Waals surface area contributed by atoms with E-state index in [1.165, 1.54) is 0 Å². The van der Waals surface area contributed by atoms with E-state index in [4.69, 9.17) is 5.84 Å². The molecule has 0 aliphatic carbocycles. The Kier molecular flexibility index (Phi) is 3.46. The Labute approximate surface area is 122 Å². The van der Waals surface area contributed by atoms with Gasteiger partial charge in [0.05, 0.1) is 4.92 Å². The first-order valence-corrected chi connectivity index (χ1v) is 5.26. The lowest BCUT2D eigenvalue weighted by Crippen LogP contribution is -2.47. The number of amidine groups is 3. The standard InChI is InChI=1S/C6H3N9O8/c7-11-2(10-5(14(20)21)6(11)15(22)23)1-8-3(12(16)17)4(9-1)13(18)19/h6H,7H2. The number of nitrogens with two attached hydrogens (primary N) is 1. The molecule has 120 valence electrons. The Hall–Kier alpha value is -3.89. The average molecular weight is 329 g/mol. The molecule has 2 heterocycles. The van der Waals surface area contributed by atoms with Crippen molar-refractivity contribution in [3.05, 3.63) is 52.1 Å². The van der Waals surface area contributed by atoms with Crippen molar-refractivity contribution in [1.29, 1.82) is 0 Å². The van der Waals surface area contributed by atoms with E-state index < -0.39 is 55.0 Å². The maximum atomic E-state index is 10.8. The van der Waals surface area contributed by atoms with Crippen molar-refractivity contribution in [1.82, 2.24) is 5.01 Å². The van der Waals surface area contributed by atoms with E-state index in [1.807, 2.05) is 0 Å². The van der Waals surface area contributed by atoms with Gasteiger partial charge in [-0.1, -0.05) is 0 Å². The van der Waals surface area contributed by atoms with Crippen LogP contribution in [0.5, 0.6) is 0 Å². The van der Waals surface area contributed by atoms with Gasteiger partial charge < -0.3 is 30.3 Å². The van der Waals surface area contributed by atoms with E-state index in [2.05, 4.69) is 15.0 Å². The first-order chi connectivity index (χ1) is 10.6. The molecule has 0 aromatic carbocycles. The fourth-order valence-corrected chi connectivity index (χ4v) is 1.63. The maximum Gasteiger partial charge on any atom is 0.467 e. The highest BCUT2D eigenvalue weighted by molar-refractivity contribution is 6.35. The van der Waals surface area contributed by atoms with Crippen LogP contribution in [0.3, 0.4) is 0 Å². The molecule has 0 saturated heterocycles. The Morgan fingerprint density at radius 3 is 1.65 bits per heavy atom. The highest BCUT2D eigenvalue weighted by atomic mass is 16.7. The number of hydrogen-bond donors (Lipinski definition) is 1. The molecule has 2 N–H and O–H groups in total. The summed E-state index contributed by atoms with van der Waals surface area (Å²) in [7, 11) is 0. The summed E-state index contributed by atoms with van der Waals surface area (Å²) in [4.78, 5) is 47.8. The first-order valence-electron chi connectivity index (χ1n) is 5.26. The van der Waals surface area contributed by atoms with Crippen molar-refractivity contribution >= 4 is 17.5 Å². The van der Waals surface area contributed by atoms with Crippen molar-refractivity contribution < 1.29 is 19.7 Å². The van der Waals surface area contributed by atoms with Crippen LogP contribution in [0.1, 0.15) is 0 Å². The second kappa shape index (κ2) is 5.14. The number of nitrogens with zero attached hydrogens (tertiary/aromatic N) is 8. The molecule has 0 aromatic heterocycles. The molecule has 0 saturated carbocycles. The molecule has 17 heteroatoms. The molecule has 2 rings (SSSR count). The topological polar surface area (TPSA) is 239 Å². The number of hydrazine groups is 1. The third kappa shape index (κ3) is 2.42. The van der Waals surface area contributed by atoms with E-state index in [1.54, 1.807) is 0 Å². The van der Waals surface area contributed by atoms with E-state index in [-0.39, 0.29) is 5.01 Å². The molecule has 0 spiro atoms. The van der Waals surface area contributed by atoms with Crippen LogP contribution in [0.25, 0.3) is 0 Å². The van der Waals surface area contributed by atoms with Gasteiger partial charge in [0.1, 0.15) is 0 Å². The van der Waals surface area contributed by atoms with Crippen molar-refractivity contribution in [3.63, 3.8) is 0 Å². The highest BCUT2D eigenvalue weighted by Gasteiger charge is 2.56. The molecule has 1 atom stereocenters. The summed E-state index contributed by atoms with van der Waals surface area (Å²) in [6.07, 6.45) is -2.20. The van der Waals surface area contributed by atoms with Gasteiger partial charge in [-0.2, -0.15) is 5.01 Å². The molecule has 0 bridgehead atoms. The van der Waals surface area contributed by atoms with Crippen LogP contribution in [0.4, 0.5) is 0 Å². The van der Waals surface area contributed by atoms with Gasteiger partial charge in [0, 0.05) is 9.98 Å². The van der Waals surface area contributed by atoms with Crippen LogP contribution in [0.2, 0.25) is 0 Å². The number of hydrogen-bond acceptors (Lipinski definition) is 13. The predicted molar refractivity (Wildman–Crippen MR) is 67.1 cm³/mol. The summed E-state index contributed by atoms with van der Waals surface area (Å²) < 4.78 is 0. The monoisotopic (exact) mass is 329 g/mol. The molecule has 2 aliphatic heterocycles. The van der Waals surface area contributed by atoms with Crippen molar-refractivity contribution in [2.24, 2.45) is 20.8 Å². The largest absolute Gasteiger partial charge is 0.467 e. The smallest absolute Gasteiger partial charge is 0.358 e. The summed E-state index contributed by atoms with van der Waals surface area (Å²) in [5.74, 6) is 0.000168. The van der Waals surface area contributed by atoms with Crippen molar-refractivity contribution in [3.8, 4) is 0 Å². The second-order valence-electron chi connectivity index (χ2n) is 3.83. The second-order valence-corrected chi connectivity index (χ2v) is 3.83. The van der Waals surface area contributed by atoms with Crippen LogP contribution in [0.15, 0.2) is 26.6 Å². The number of nitro groups is 4. The summed E-state index contributed by atoms with van der Waals surface area (Å²) >= 11 is 0. The average Bonchev–Trinajstić information content (AvgIpc) is 2.99. The van der Waals surface area contributed by atoms with E-state index >= 15 is 0 Å². The molecular weight excluding hydrogens is 326 g/mol. The lowest BCUT2D eigenvalue weighted by atomic mass is 10.5. The van der Waals surface area contributed by atoms with Crippen LogP contribution >= 0.6 is 0 Å². The summed E-state index contributed by atoms with van der Waals surface area (Å²) in [6.45, 7) is 0. The molecule has 0 aromatic rings. The van der Waals surface area contributed by atoms with Crippen LogP contribution in [-0.4, -0.2) is 48.4 Å². The molecule has 0 radical (unpaired) electrons. The maximum absolute atomic E-state index is 10.8. The summed E-state index contributed by atoms with van der Waals surface area (Å²) in [5.41, 5.74) is 0. The van der Waals surface area contributed by atoms with E-state index in [0.29, 0.717) is 0 Å². The van der Waals surface area contributed by atoms with E-state index in [0.717, 1.165) is 0 Å².